The fraction of sp³-hybridized carbons (Fsp3) is 1.00. The van der Waals surface area contributed by atoms with E-state index in [0.717, 1.165) is 11.3 Å². The van der Waals surface area contributed by atoms with Crippen molar-refractivity contribution in [3.05, 3.63) is 0 Å². The fourth-order valence-corrected chi connectivity index (χ4v) is 3.65. The molecule has 64 valence electrons. The molecule has 1 aliphatic heterocycles. The van der Waals surface area contributed by atoms with E-state index in [1.165, 1.54) is 38.8 Å². The molecule has 2 unspecified atom stereocenters. The normalized spacial score (nSPS) is 37.1. The van der Waals surface area contributed by atoms with Gasteiger partial charge in [-0.15, -0.1) is 0 Å². The monoisotopic (exact) mass is 171 g/mol. The topological polar surface area (TPSA) is 3.24 Å². The molecule has 0 amide bonds. The van der Waals surface area contributed by atoms with Crippen LogP contribution in [0.15, 0.2) is 0 Å². The number of rotatable bonds is 0. The third-order valence-electron chi connectivity index (χ3n) is 3.26. The molecule has 1 nitrogen and oxygen atoms in total. The van der Waals surface area contributed by atoms with E-state index in [9.17, 15) is 0 Å². The van der Waals surface area contributed by atoms with Crippen molar-refractivity contribution in [3.8, 4) is 0 Å². The highest BCUT2D eigenvalue weighted by atomic mass is 31.0. The minimum absolute atomic E-state index is 0.749. The predicted octanol–water partition coefficient (Wildman–Crippen LogP) is 2.29. The Balaban J connectivity index is 1.93. The van der Waals surface area contributed by atoms with Crippen LogP contribution in [0.25, 0.3) is 0 Å². The van der Waals surface area contributed by atoms with Crippen molar-refractivity contribution in [1.82, 2.24) is 4.67 Å². The Labute approximate surface area is 71.8 Å². The van der Waals surface area contributed by atoms with Crippen LogP contribution in [0.1, 0.15) is 32.6 Å². The van der Waals surface area contributed by atoms with Crippen LogP contribution in [-0.2, 0) is 0 Å². The smallest absolute Gasteiger partial charge is 0.00855 e. The summed E-state index contributed by atoms with van der Waals surface area (Å²) in [5.41, 5.74) is 0.749. The van der Waals surface area contributed by atoms with Gasteiger partial charge in [-0.25, -0.2) is 0 Å². The van der Waals surface area contributed by atoms with Gasteiger partial charge in [0.15, 0.2) is 0 Å². The van der Waals surface area contributed by atoms with Crippen molar-refractivity contribution in [2.75, 3.05) is 13.1 Å². The number of nitrogens with zero attached hydrogens (tertiary/aromatic N) is 1. The van der Waals surface area contributed by atoms with Crippen LogP contribution >= 0.6 is 9.39 Å². The van der Waals surface area contributed by atoms with Crippen LogP contribution in [0.5, 0.6) is 0 Å². The lowest BCUT2D eigenvalue weighted by molar-refractivity contribution is 0.0174. The molecule has 11 heavy (non-hydrogen) atoms. The largest absolute Gasteiger partial charge is 0.286 e. The highest BCUT2D eigenvalue weighted by molar-refractivity contribution is 7.13. The third-order valence-corrected chi connectivity index (χ3v) is 3.63. The summed E-state index contributed by atoms with van der Waals surface area (Å²) in [4.78, 5) is 0. The van der Waals surface area contributed by atoms with Gasteiger partial charge in [-0.1, -0.05) is 29.2 Å². The van der Waals surface area contributed by atoms with E-state index in [0.29, 0.717) is 0 Å². The second kappa shape index (κ2) is 2.71. The van der Waals surface area contributed by atoms with Crippen LogP contribution in [-0.4, -0.2) is 17.8 Å². The Morgan fingerprint density at radius 2 is 2.18 bits per heavy atom. The molecule has 1 heterocycles. The van der Waals surface area contributed by atoms with Gasteiger partial charge in [0.2, 0.25) is 0 Å². The van der Waals surface area contributed by atoms with Crippen molar-refractivity contribution in [2.24, 2.45) is 11.3 Å². The molecular weight excluding hydrogens is 153 g/mol. The highest BCUT2D eigenvalue weighted by Crippen LogP contribution is 2.46. The maximum absolute atomic E-state index is 2.81. The van der Waals surface area contributed by atoms with Crippen LogP contribution in [0.3, 0.4) is 0 Å². The summed E-state index contributed by atoms with van der Waals surface area (Å²) in [6.45, 7) is 5.08. The predicted molar refractivity (Wildman–Crippen MR) is 51.3 cm³/mol. The lowest BCUT2D eigenvalue weighted by Crippen LogP contribution is -2.53. The molecule has 0 aromatic rings. The second-order valence-electron chi connectivity index (χ2n) is 4.61. The van der Waals surface area contributed by atoms with Crippen LogP contribution in [0.4, 0.5) is 0 Å². The van der Waals surface area contributed by atoms with Gasteiger partial charge in [-0.2, -0.15) is 0 Å². The Kier molecular flexibility index (Phi) is 1.97. The van der Waals surface area contributed by atoms with Gasteiger partial charge in [0.25, 0.3) is 0 Å². The Bertz CT molecular complexity index is 146. The minimum Gasteiger partial charge on any atom is -0.286 e. The molecule has 2 atom stereocenters. The van der Waals surface area contributed by atoms with Gasteiger partial charge >= 0.3 is 0 Å². The van der Waals surface area contributed by atoms with Crippen LogP contribution in [0, 0.1) is 11.3 Å². The zero-order valence-electron chi connectivity index (χ0n) is 7.34. The summed E-state index contributed by atoms with van der Waals surface area (Å²) in [6, 6.07) is 0. The zero-order valence-corrected chi connectivity index (χ0v) is 8.50. The molecule has 1 saturated heterocycles. The zero-order chi connectivity index (χ0) is 7.90. The van der Waals surface area contributed by atoms with Gasteiger partial charge in [0.1, 0.15) is 0 Å². The fourth-order valence-electron chi connectivity index (χ4n) is 2.87. The van der Waals surface area contributed by atoms with E-state index in [4.69, 9.17) is 0 Å². The van der Waals surface area contributed by atoms with Crippen LogP contribution in [0.2, 0.25) is 0 Å². The number of hydrogen-bond acceptors (Lipinski definition) is 1. The van der Waals surface area contributed by atoms with E-state index in [2.05, 4.69) is 21.0 Å². The summed E-state index contributed by atoms with van der Waals surface area (Å²) in [5.74, 6) is 0.988. The lowest BCUT2D eigenvalue weighted by atomic mass is 9.66. The van der Waals surface area contributed by atoms with Gasteiger partial charge < -0.3 is 0 Å². The van der Waals surface area contributed by atoms with E-state index >= 15 is 0 Å². The molecule has 0 N–H and O–H groups in total. The molecule has 2 rings (SSSR count). The summed E-state index contributed by atoms with van der Waals surface area (Å²) in [6.07, 6.45) is 5.92. The molecule has 1 aliphatic carbocycles. The SMILES string of the molecule is CC1CCCC2(C1)CN(P)C2. The summed E-state index contributed by atoms with van der Waals surface area (Å²) in [7, 11) is 2.81. The van der Waals surface area contributed by atoms with E-state index in [1.807, 2.05) is 0 Å². The van der Waals surface area contributed by atoms with Crippen molar-refractivity contribution in [3.63, 3.8) is 0 Å². The van der Waals surface area contributed by atoms with Crippen molar-refractivity contribution in [1.29, 1.82) is 0 Å². The van der Waals surface area contributed by atoms with Crippen molar-refractivity contribution in [2.45, 2.75) is 32.6 Å². The quantitative estimate of drug-likeness (QED) is 0.505. The minimum atomic E-state index is 0.749. The molecule has 1 saturated carbocycles. The Hall–Kier alpha value is 0.390. The molecular formula is C9H18NP. The highest BCUT2D eigenvalue weighted by Gasteiger charge is 2.43. The molecule has 1 spiro atoms. The lowest BCUT2D eigenvalue weighted by Gasteiger charge is -2.52. The first-order valence-corrected chi connectivity index (χ1v) is 5.22. The van der Waals surface area contributed by atoms with Crippen molar-refractivity contribution < 1.29 is 0 Å². The van der Waals surface area contributed by atoms with E-state index in [1.54, 1.807) is 0 Å². The molecule has 2 aliphatic rings. The summed E-state index contributed by atoms with van der Waals surface area (Å²) < 4.78 is 2.37. The maximum Gasteiger partial charge on any atom is 0.00855 e. The Morgan fingerprint density at radius 3 is 2.73 bits per heavy atom. The third kappa shape index (κ3) is 1.46. The van der Waals surface area contributed by atoms with Gasteiger partial charge in [0.05, 0.1) is 0 Å². The van der Waals surface area contributed by atoms with Gasteiger partial charge in [-0.3, -0.25) is 4.67 Å². The summed E-state index contributed by atoms with van der Waals surface area (Å²) >= 11 is 0. The molecule has 2 heteroatoms. The standard InChI is InChI=1S/C9H18NP/c1-8-3-2-4-9(5-8)6-10(11)7-9/h8H,2-7,11H2,1H3. The molecule has 0 radical (unpaired) electrons. The average Bonchev–Trinajstić information content (AvgIpc) is 1.84. The molecule has 0 aromatic carbocycles. The maximum atomic E-state index is 2.81. The first-order valence-electron chi connectivity index (χ1n) is 4.70. The Morgan fingerprint density at radius 1 is 1.45 bits per heavy atom. The van der Waals surface area contributed by atoms with Crippen molar-refractivity contribution >= 4 is 9.39 Å². The van der Waals surface area contributed by atoms with E-state index < -0.39 is 0 Å². The second-order valence-corrected chi connectivity index (χ2v) is 5.34. The first-order chi connectivity index (χ1) is 5.20. The average molecular weight is 171 g/mol. The van der Waals surface area contributed by atoms with Gasteiger partial charge in [-0.05, 0) is 24.2 Å². The van der Waals surface area contributed by atoms with Crippen LogP contribution < -0.4 is 0 Å². The summed E-state index contributed by atoms with van der Waals surface area (Å²) in [5, 5.41) is 0. The van der Waals surface area contributed by atoms with Gasteiger partial charge in [0, 0.05) is 13.1 Å². The molecule has 0 bridgehead atoms. The molecule has 0 aromatic heterocycles. The number of hydrogen-bond donors (Lipinski definition) is 0. The van der Waals surface area contributed by atoms with E-state index in [-0.39, 0.29) is 0 Å². The first kappa shape index (κ1) is 8.01. The molecule has 2 fully saturated rings.